The molecule has 1 aromatic rings. The van der Waals surface area contributed by atoms with Crippen LogP contribution in [-0.2, 0) is 10.0 Å². The van der Waals surface area contributed by atoms with Gasteiger partial charge in [-0.25, -0.2) is 13.6 Å². The van der Waals surface area contributed by atoms with Crippen molar-refractivity contribution in [1.82, 2.24) is 4.90 Å². The highest BCUT2D eigenvalue weighted by Crippen LogP contribution is 2.34. The summed E-state index contributed by atoms with van der Waals surface area (Å²) in [7, 11) is -1.96. The third-order valence-corrected chi connectivity index (χ3v) is 5.08. The standard InChI is InChI=1S/C14H22N4O4S/c1-10(2)14-9-16(3)6-7-17(14)12-5-4-11(23(15,21)22)8-13(12)18(19)20/h4-5,8,10,14H,6-7,9H2,1-3H3,(H2,15,21,22). The normalized spacial score (nSPS) is 20.0. The van der Waals surface area contributed by atoms with Crippen LogP contribution in [0.1, 0.15) is 13.8 Å². The molecule has 128 valence electrons. The van der Waals surface area contributed by atoms with Gasteiger partial charge in [-0.15, -0.1) is 0 Å². The van der Waals surface area contributed by atoms with E-state index < -0.39 is 14.9 Å². The van der Waals surface area contributed by atoms with Crippen LogP contribution in [0.2, 0.25) is 0 Å². The van der Waals surface area contributed by atoms with Crippen molar-refractivity contribution in [2.45, 2.75) is 24.8 Å². The van der Waals surface area contributed by atoms with Crippen molar-refractivity contribution in [1.29, 1.82) is 0 Å². The van der Waals surface area contributed by atoms with E-state index in [2.05, 4.69) is 18.7 Å². The molecule has 1 fully saturated rings. The molecule has 0 aromatic heterocycles. The molecule has 1 unspecified atom stereocenters. The van der Waals surface area contributed by atoms with Crippen LogP contribution in [0.5, 0.6) is 0 Å². The van der Waals surface area contributed by atoms with Crippen molar-refractivity contribution in [3.05, 3.63) is 28.3 Å². The minimum absolute atomic E-state index is 0.118. The molecule has 23 heavy (non-hydrogen) atoms. The predicted octanol–water partition coefficient (Wildman–Crippen LogP) is 1.02. The van der Waals surface area contributed by atoms with Crippen LogP contribution in [0.15, 0.2) is 23.1 Å². The van der Waals surface area contributed by atoms with Crippen molar-refractivity contribution in [3.63, 3.8) is 0 Å². The first-order valence-electron chi connectivity index (χ1n) is 7.37. The highest BCUT2D eigenvalue weighted by Gasteiger charge is 2.32. The number of nitrogens with two attached hydrogens (primary N) is 1. The third kappa shape index (κ3) is 3.80. The Morgan fingerprint density at radius 1 is 1.35 bits per heavy atom. The van der Waals surface area contributed by atoms with Crippen LogP contribution in [0, 0.1) is 16.0 Å². The van der Waals surface area contributed by atoms with E-state index in [1.54, 1.807) is 0 Å². The number of piperazine rings is 1. The second kappa shape index (κ2) is 6.42. The second-order valence-electron chi connectivity index (χ2n) is 6.22. The highest BCUT2D eigenvalue weighted by molar-refractivity contribution is 7.89. The maximum Gasteiger partial charge on any atom is 0.293 e. The monoisotopic (exact) mass is 342 g/mol. The van der Waals surface area contributed by atoms with Crippen LogP contribution < -0.4 is 10.0 Å². The Morgan fingerprint density at radius 3 is 2.52 bits per heavy atom. The number of primary sulfonamides is 1. The quantitative estimate of drug-likeness (QED) is 0.646. The first-order valence-corrected chi connectivity index (χ1v) is 8.92. The van der Waals surface area contributed by atoms with Crippen molar-refractivity contribution < 1.29 is 13.3 Å². The van der Waals surface area contributed by atoms with Crippen molar-refractivity contribution in [3.8, 4) is 0 Å². The Bertz CT molecular complexity index is 705. The molecule has 8 nitrogen and oxygen atoms in total. The lowest BCUT2D eigenvalue weighted by Crippen LogP contribution is -2.54. The van der Waals surface area contributed by atoms with Crippen LogP contribution >= 0.6 is 0 Å². The van der Waals surface area contributed by atoms with E-state index in [1.165, 1.54) is 12.1 Å². The number of rotatable bonds is 4. The molecule has 0 saturated carbocycles. The summed E-state index contributed by atoms with van der Waals surface area (Å²) in [6.07, 6.45) is 0. The Labute approximate surface area is 136 Å². The van der Waals surface area contributed by atoms with E-state index in [0.717, 1.165) is 19.2 Å². The number of hydrogen-bond donors (Lipinski definition) is 1. The molecule has 0 spiro atoms. The molecule has 0 radical (unpaired) electrons. The fourth-order valence-electron chi connectivity index (χ4n) is 2.89. The van der Waals surface area contributed by atoms with Crippen molar-refractivity contribution in [2.75, 3.05) is 31.6 Å². The van der Waals surface area contributed by atoms with Crippen molar-refractivity contribution in [2.24, 2.45) is 11.1 Å². The first-order chi connectivity index (χ1) is 10.6. The lowest BCUT2D eigenvalue weighted by Gasteiger charge is -2.43. The van der Waals surface area contributed by atoms with Gasteiger partial charge in [-0.2, -0.15) is 0 Å². The van der Waals surface area contributed by atoms with Gasteiger partial charge >= 0.3 is 0 Å². The number of anilines is 1. The average Bonchev–Trinajstić information content (AvgIpc) is 2.45. The fraction of sp³-hybridized carbons (Fsp3) is 0.571. The lowest BCUT2D eigenvalue weighted by atomic mass is 9.98. The van der Waals surface area contributed by atoms with E-state index in [9.17, 15) is 18.5 Å². The molecule has 0 amide bonds. The van der Waals surface area contributed by atoms with Gasteiger partial charge in [0.1, 0.15) is 5.69 Å². The molecular formula is C14H22N4O4S. The van der Waals surface area contributed by atoms with Crippen LogP contribution in [-0.4, -0.2) is 51.0 Å². The molecule has 1 saturated heterocycles. The summed E-state index contributed by atoms with van der Waals surface area (Å²) in [5.74, 6) is 0.301. The highest BCUT2D eigenvalue weighted by atomic mass is 32.2. The maximum atomic E-state index is 11.4. The molecule has 1 aliphatic rings. The summed E-state index contributed by atoms with van der Waals surface area (Å²) >= 11 is 0. The zero-order chi connectivity index (χ0) is 17.4. The zero-order valence-corrected chi connectivity index (χ0v) is 14.3. The van der Waals surface area contributed by atoms with E-state index in [0.29, 0.717) is 18.2 Å². The summed E-state index contributed by atoms with van der Waals surface area (Å²) in [6.45, 7) is 6.38. The molecular weight excluding hydrogens is 320 g/mol. The molecule has 2 rings (SSSR count). The Hall–Kier alpha value is -1.71. The average molecular weight is 342 g/mol. The summed E-state index contributed by atoms with van der Waals surface area (Å²) < 4.78 is 22.9. The summed E-state index contributed by atoms with van der Waals surface area (Å²) in [5, 5.41) is 16.5. The summed E-state index contributed by atoms with van der Waals surface area (Å²) in [5.41, 5.74) is 0.209. The van der Waals surface area contributed by atoms with E-state index in [-0.39, 0.29) is 16.6 Å². The molecule has 0 bridgehead atoms. The predicted molar refractivity (Wildman–Crippen MR) is 87.9 cm³/mol. The molecule has 1 atom stereocenters. The second-order valence-corrected chi connectivity index (χ2v) is 7.78. The summed E-state index contributed by atoms with van der Waals surface area (Å²) in [6, 6.07) is 3.97. The van der Waals surface area contributed by atoms with E-state index in [1.807, 2.05) is 11.9 Å². The number of likely N-dealkylation sites (N-methyl/N-ethyl adjacent to an activating group) is 1. The number of hydrogen-bond acceptors (Lipinski definition) is 6. The van der Waals surface area contributed by atoms with Gasteiger partial charge in [0.05, 0.1) is 9.82 Å². The van der Waals surface area contributed by atoms with Gasteiger partial charge in [0.2, 0.25) is 10.0 Å². The van der Waals surface area contributed by atoms with E-state index in [4.69, 9.17) is 5.14 Å². The number of nitro groups is 1. The Kier molecular flexibility index (Phi) is 4.92. The van der Waals surface area contributed by atoms with Gasteiger partial charge in [-0.05, 0) is 25.1 Å². The van der Waals surface area contributed by atoms with Gasteiger partial charge in [-0.1, -0.05) is 13.8 Å². The maximum absolute atomic E-state index is 11.4. The van der Waals surface area contributed by atoms with Gasteiger partial charge < -0.3 is 9.80 Å². The number of nitro benzene ring substituents is 1. The molecule has 1 aliphatic heterocycles. The summed E-state index contributed by atoms with van der Waals surface area (Å²) in [4.78, 5) is 14.8. The molecule has 2 N–H and O–H groups in total. The van der Waals surface area contributed by atoms with Crippen LogP contribution in [0.25, 0.3) is 0 Å². The SMILES string of the molecule is CC(C)C1CN(C)CCN1c1ccc(S(N)(=O)=O)cc1[N+](=O)[O-]. The molecule has 1 heterocycles. The van der Waals surface area contributed by atoms with Crippen LogP contribution in [0.4, 0.5) is 11.4 Å². The minimum Gasteiger partial charge on any atom is -0.360 e. The number of benzene rings is 1. The zero-order valence-electron chi connectivity index (χ0n) is 13.5. The Balaban J connectivity index is 2.51. The molecule has 1 aromatic carbocycles. The Morgan fingerprint density at radius 2 is 2.00 bits per heavy atom. The van der Waals surface area contributed by atoms with Gasteiger partial charge in [0.25, 0.3) is 5.69 Å². The van der Waals surface area contributed by atoms with Gasteiger partial charge in [0.15, 0.2) is 0 Å². The first kappa shape index (κ1) is 17.6. The van der Waals surface area contributed by atoms with Crippen molar-refractivity contribution >= 4 is 21.4 Å². The third-order valence-electron chi connectivity index (χ3n) is 4.17. The fourth-order valence-corrected chi connectivity index (χ4v) is 3.43. The lowest BCUT2D eigenvalue weighted by molar-refractivity contribution is -0.384. The smallest absolute Gasteiger partial charge is 0.293 e. The van der Waals surface area contributed by atoms with Gasteiger partial charge in [0, 0.05) is 31.7 Å². The van der Waals surface area contributed by atoms with Crippen LogP contribution in [0.3, 0.4) is 0 Å². The van der Waals surface area contributed by atoms with Gasteiger partial charge in [-0.3, -0.25) is 10.1 Å². The topological polar surface area (TPSA) is 110 Å². The molecule has 9 heteroatoms. The van der Waals surface area contributed by atoms with E-state index >= 15 is 0 Å². The number of nitrogens with zero attached hydrogens (tertiary/aromatic N) is 3. The largest absolute Gasteiger partial charge is 0.360 e. The number of sulfonamides is 1. The molecule has 0 aliphatic carbocycles. The minimum atomic E-state index is -3.98.